The lowest BCUT2D eigenvalue weighted by molar-refractivity contribution is -0.137. The number of carboxylic acid groups (broad SMARTS) is 1. The van der Waals surface area contributed by atoms with Crippen molar-refractivity contribution in [1.29, 1.82) is 0 Å². The number of carbonyl (C=O) groups excluding carboxylic acids is 2. The van der Waals surface area contributed by atoms with E-state index in [0.717, 1.165) is 82.2 Å². The second-order valence-electron chi connectivity index (χ2n) is 14.0. The van der Waals surface area contributed by atoms with Crippen LogP contribution in [0.15, 0.2) is 108 Å². The average Bonchev–Trinajstić information content (AvgIpc) is 4.05. The zero-order valence-corrected chi connectivity index (χ0v) is 30.7. The number of nitrogens with one attached hydrogen (secondary N) is 2. The molecule has 274 valence electrons. The van der Waals surface area contributed by atoms with E-state index in [1.54, 1.807) is 34.6 Å². The summed E-state index contributed by atoms with van der Waals surface area (Å²) in [5.41, 5.74) is 7.61. The number of imidazole rings is 2. The summed E-state index contributed by atoms with van der Waals surface area (Å²) in [5, 5.41) is 13.8. The van der Waals surface area contributed by atoms with E-state index in [1.165, 1.54) is 7.05 Å². The standard InChI is InChI=1S/C42H41N7O4S/c1-47(42(52)53)38(32-7-3-2-4-8-32)41(51)49-21-6-10-36(49)40-44-25-34(46-40)31-17-13-29(14-18-31)28-11-15-30(16-12-28)33-24-43-39(45-33)35-9-5-20-48(35)37(50)23-27-19-22-54-26-27/h2-4,7-8,11-19,22,24-26,35-36,38H,5-6,9-10,20-21,23H2,1H3,(H,43,45)(H,44,46)(H,52,53)/t35-,36-,38+/m0/s1. The first-order valence-electron chi connectivity index (χ1n) is 18.3. The summed E-state index contributed by atoms with van der Waals surface area (Å²) in [4.78, 5) is 60.1. The largest absolute Gasteiger partial charge is 0.465 e. The van der Waals surface area contributed by atoms with Crippen LogP contribution >= 0.6 is 11.3 Å². The number of aromatic amines is 2. The minimum absolute atomic E-state index is 0.0361. The Kier molecular flexibility index (Phi) is 9.83. The quantitative estimate of drug-likeness (QED) is 0.130. The highest BCUT2D eigenvalue weighted by atomic mass is 32.1. The molecule has 2 aliphatic rings. The molecule has 3 aromatic heterocycles. The number of rotatable bonds is 10. The topological polar surface area (TPSA) is 139 Å². The van der Waals surface area contributed by atoms with Crippen LogP contribution in [0.5, 0.6) is 0 Å². The number of likely N-dealkylation sites (N-methyl/N-ethyl adjacent to an activating group) is 1. The van der Waals surface area contributed by atoms with Crippen molar-refractivity contribution in [2.45, 2.75) is 50.2 Å². The van der Waals surface area contributed by atoms with Crippen LogP contribution in [0.2, 0.25) is 0 Å². The first kappa shape index (κ1) is 35.0. The number of hydrogen-bond acceptors (Lipinski definition) is 6. The van der Waals surface area contributed by atoms with Gasteiger partial charge in [-0.3, -0.25) is 14.5 Å². The van der Waals surface area contributed by atoms with Gasteiger partial charge < -0.3 is 24.9 Å². The third kappa shape index (κ3) is 7.04. The van der Waals surface area contributed by atoms with Crippen LogP contribution in [0.25, 0.3) is 33.6 Å². The molecule has 5 heterocycles. The molecule has 3 amide bonds. The van der Waals surface area contributed by atoms with Crippen molar-refractivity contribution in [2.24, 2.45) is 0 Å². The van der Waals surface area contributed by atoms with Crippen LogP contribution in [0.1, 0.15) is 66.6 Å². The second kappa shape index (κ2) is 15.2. The first-order chi connectivity index (χ1) is 26.3. The molecule has 0 aliphatic carbocycles. The van der Waals surface area contributed by atoms with Gasteiger partial charge in [-0.15, -0.1) is 0 Å². The predicted molar refractivity (Wildman–Crippen MR) is 207 cm³/mol. The van der Waals surface area contributed by atoms with E-state index in [2.05, 4.69) is 63.5 Å². The number of hydrogen-bond donors (Lipinski definition) is 3. The monoisotopic (exact) mass is 739 g/mol. The number of benzene rings is 3. The number of aromatic nitrogens is 4. The fraction of sp³-hybridized carbons (Fsp3) is 0.262. The van der Waals surface area contributed by atoms with Crippen LogP contribution in [0.3, 0.4) is 0 Å². The summed E-state index contributed by atoms with van der Waals surface area (Å²) in [6.45, 7) is 1.28. The molecule has 0 radical (unpaired) electrons. The lowest BCUT2D eigenvalue weighted by atomic mass is 10.0. The molecule has 11 nitrogen and oxygen atoms in total. The Balaban J connectivity index is 0.930. The van der Waals surface area contributed by atoms with Gasteiger partial charge in [0.15, 0.2) is 0 Å². The molecule has 2 saturated heterocycles. The van der Waals surface area contributed by atoms with Crippen LogP contribution in [0, 0.1) is 0 Å². The lowest BCUT2D eigenvalue weighted by Crippen LogP contribution is -2.43. The third-order valence-electron chi connectivity index (χ3n) is 10.6. The molecule has 54 heavy (non-hydrogen) atoms. The Morgan fingerprint density at radius 3 is 1.85 bits per heavy atom. The van der Waals surface area contributed by atoms with E-state index < -0.39 is 12.1 Å². The smallest absolute Gasteiger partial charge is 0.407 e. The van der Waals surface area contributed by atoms with Gasteiger partial charge in [0.1, 0.15) is 17.7 Å². The molecule has 3 aromatic carbocycles. The van der Waals surface area contributed by atoms with Crippen LogP contribution in [-0.4, -0.2) is 77.8 Å². The first-order valence-corrected chi connectivity index (χ1v) is 19.2. The third-order valence-corrected chi connectivity index (χ3v) is 11.4. The van der Waals surface area contributed by atoms with E-state index in [0.29, 0.717) is 24.4 Å². The molecule has 0 spiro atoms. The van der Waals surface area contributed by atoms with Gasteiger partial charge in [-0.2, -0.15) is 11.3 Å². The van der Waals surface area contributed by atoms with Gasteiger partial charge in [0.05, 0.1) is 42.3 Å². The Hall–Kier alpha value is -6.01. The number of carbonyl (C=O) groups is 3. The van der Waals surface area contributed by atoms with Crippen LogP contribution < -0.4 is 0 Å². The summed E-state index contributed by atoms with van der Waals surface area (Å²) < 4.78 is 0. The minimum Gasteiger partial charge on any atom is -0.465 e. The Labute approximate surface area is 317 Å². The molecule has 3 N–H and O–H groups in total. The molecular weight excluding hydrogens is 699 g/mol. The lowest BCUT2D eigenvalue weighted by Gasteiger charge is -2.32. The van der Waals surface area contributed by atoms with Crippen molar-refractivity contribution in [1.82, 2.24) is 34.6 Å². The van der Waals surface area contributed by atoms with Crippen molar-refractivity contribution >= 4 is 29.2 Å². The predicted octanol–water partition coefficient (Wildman–Crippen LogP) is 8.12. The maximum Gasteiger partial charge on any atom is 0.407 e. The van der Waals surface area contributed by atoms with Crippen molar-refractivity contribution in [3.63, 3.8) is 0 Å². The van der Waals surface area contributed by atoms with Crippen molar-refractivity contribution in [3.8, 4) is 33.6 Å². The highest BCUT2D eigenvalue weighted by Crippen LogP contribution is 2.36. The summed E-state index contributed by atoms with van der Waals surface area (Å²) in [6, 6.07) is 26.4. The molecule has 3 atom stereocenters. The summed E-state index contributed by atoms with van der Waals surface area (Å²) in [7, 11) is 1.43. The van der Waals surface area contributed by atoms with E-state index in [4.69, 9.17) is 4.98 Å². The van der Waals surface area contributed by atoms with Gasteiger partial charge >= 0.3 is 6.09 Å². The van der Waals surface area contributed by atoms with Gasteiger partial charge in [-0.25, -0.2) is 14.8 Å². The van der Waals surface area contributed by atoms with Gasteiger partial charge in [-0.05, 0) is 75.9 Å². The zero-order chi connectivity index (χ0) is 37.2. The van der Waals surface area contributed by atoms with Gasteiger partial charge in [-0.1, -0.05) is 78.9 Å². The number of amides is 3. The van der Waals surface area contributed by atoms with Crippen LogP contribution in [0.4, 0.5) is 4.79 Å². The Morgan fingerprint density at radius 1 is 0.778 bits per heavy atom. The Morgan fingerprint density at radius 2 is 1.31 bits per heavy atom. The normalized spacial score (nSPS) is 17.5. The minimum atomic E-state index is -1.16. The fourth-order valence-electron chi connectivity index (χ4n) is 7.76. The van der Waals surface area contributed by atoms with Crippen molar-refractivity contribution in [2.75, 3.05) is 20.1 Å². The van der Waals surface area contributed by atoms with Crippen molar-refractivity contribution in [3.05, 3.63) is 131 Å². The van der Waals surface area contributed by atoms with E-state index >= 15 is 0 Å². The molecule has 0 unspecified atom stereocenters. The zero-order valence-electron chi connectivity index (χ0n) is 29.9. The van der Waals surface area contributed by atoms with E-state index in [-0.39, 0.29) is 23.9 Å². The fourth-order valence-corrected chi connectivity index (χ4v) is 8.43. The van der Waals surface area contributed by atoms with Gasteiger partial charge in [0, 0.05) is 20.1 Å². The van der Waals surface area contributed by atoms with E-state index in [9.17, 15) is 19.5 Å². The molecule has 2 fully saturated rings. The number of likely N-dealkylation sites (tertiary alicyclic amines) is 2. The maximum absolute atomic E-state index is 13.9. The SMILES string of the molecule is CN(C(=O)O)[C@@H](C(=O)N1CCC[C@H]1c1ncc(-c2ccc(-c3ccc(-c4cnc([C@@H]5CCCN5C(=O)Cc5ccsc5)[nH]4)cc3)cc2)[nH]1)c1ccccc1. The highest BCUT2D eigenvalue weighted by molar-refractivity contribution is 7.08. The molecular formula is C42H41N7O4S. The van der Waals surface area contributed by atoms with Gasteiger partial charge in [0.25, 0.3) is 5.91 Å². The number of thiophene rings is 1. The summed E-state index contributed by atoms with van der Waals surface area (Å²) >= 11 is 1.61. The molecule has 6 aromatic rings. The molecule has 0 bridgehead atoms. The number of nitrogens with zero attached hydrogens (tertiary/aromatic N) is 5. The summed E-state index contributed by atoms with van der Waals surface area (Å²) in [6.07, 6.45) is 6.32. The molecule has 8 rings (SSSR count). The second-order valence-corrected chi connectivity index (χ2v) is 14.7. The molecule has 2 aliphatic heterocycles. The average molecular weight is 740 g/mol. The molecule has 0 saturated carbocycles. The van der Waals surface area contributed by atoms with E-state index in [1.807, 2.05) is 46.1 Å². The number of H-pyrrole nitrogens is 2. The van der Waals surface area contributed by atoms with Gasteiger partial charge in [0.2, 0.25) is 5.91 Å². The highest BCUT2D eigenvalue weighted by Gasteiger charge is 2.39. The van der Waals surface area contributed by atoms with Crippen LogP contribution in [-0.2, 0) is 16.0 Å². The van der Waals surface area contributed by atoms with Crippen molar-refractivity contribution < 1.29 is 19.5 Å². The summed E-state index contributed by atoms with van der Waals surface area (Å²) in [5.74, 6) is 1.40. The molecule has 12 heteroatoms. The Bertz CT molecular complexity index is 2230. The maximum atomic E-state index is 13.9.